The predicted molar refractivity (Wildman–Crippen MR) is 133 cm³/mol. The minimum absolute atomic E-state index is 0.0721. The summed E-state index contributed by atoms with van der Waals surface area (Å²) in [5.41, 5.74) is 2.48. The summed E-state index contributed by atoms with van der Waals surface area (Å²) < 4.78 is 0. The Morgan fingerprint density at radius 1 is 0.939 bits per heavy atom. The van der Waals surface area contributed by atoms with Crippen molar-refractivity contribution in [1.29, 1.82) is 0 Å². The van der Waals surface area contributed by atoms with E-state index in [0.717, 1.165) is 31.1 Å². The molecule has 0 heterocycles. The fraction of sp³-hybridized carbons (Fsp3) is 0.900. The zero-order valence-electron chi connectivity index (χ0n) is 22.0. The first kappa shape index (κ1) is 23.9. The molecule has 0 bridgehead atoms. The van der Waals surface area contributed by atoms with Crippen molar-refractivity contribution < 1.29 is 15.0 Å². The molecule has 0 unspecified atom stereocenters. The third-order valence-electron chi connectivity index (χ3n) is 13.3. The molecule has 0 aromatic carbocycles. The van der Waals surface area contributed by atoms with Gasteiger partial charge >= 0.3 is 5.97 Å². The number of carbonyl (C=O) groups is 1. The number of hydrogen-bond acceptors (Lipinski definition) is 2. The highest BCUT2D eigenvalue weighted by Gasteiger charge is 2.82. The molecular formula is C30H48O3. The normalized spacial score (nSPS) is 51.1. The van der Waals surface area contributed by atoms with Crippen LogP contribution in [0.2, 0.25) is 0 Å². The molecule has 5 aliphatic carbocycles. The maximum Gasteiger partial charge on any atom is 0.330 e. The van der Waals surface area contributed by atoms with Crippen LogP contribution < -0.4 is 0 Å². The molecule has 2 spiro atoms. The molecule has 5 aliphatic rings. The topological polar surface area (TPSA) is 57.5 Å². The number of aliphatic hydroxyl groups excluding tert-OH is 1. The van der Waals surface area contributed by atoms with Gasteiger partial charge in [-0.05, 0) is 128 Å². The van der Waals surface area contributed by atoms with Gasteiger partial charge in [0.25, 0.3) is 0 Å². The average molecular weight is 457 g/mol. The van der Waals surface area contributed by atoms with E-state index in [4.69, 9.17) is 0 Å². The van der Waals surface area contributed by atoms with Crippen LogP contribution in [0.5, 0.6) is 0 Å². The zero-order chi connectivity index (χ0) is 24.0. The average Bonchev–Trinajstić information content (AvgIpc) is 3.33. The maximum atomic E-state index is 11.2. The van der Waals surface area contributed by atoms with Crippen LogP contribution >= 0.6 is 0 Å². The minimum Gasteiger partial charge on any atom is -0.478 e. The van der Waals surface area contributed by atoms with E-state index in [-0.39, 0.29) is 11.5 Å². The van der Waals surface area contributed by atoms with Gasteiger partial charge in [-0.1, -0.05) is 40.7 Å². The lowest BCUT2D eigenvalue weighted by atomic mass is 9.41. The number of aliphatic hydroxyl groups is 1. The first-order valence-corrected chi connectivity index (χ1v) is 13.9. The first-order chi connectivity index (χ1) is 15.4. The monoisotopic (exact) mass is 456 g/mol. The van der Waals surface area contributed by atoms with Crippen LogP contribution in [-0.4, -0.2) is 22.3 Å². The van der Waals surface area contributed by atoms with Crippen LogP contribution in [0.3, 0.4) is 0 Å². The van der Waals surface area contributed by atoms with Gasteiger partial charge in [0.2, 0.25) is 0 Å². The predicted octanol–water partition coefficient (Wildman–Crippen LogP) is 7.23. The maximum absolute atomic E-state index is 11.2. The molecule has 0 aliphatic heterocycles. The fourth-order valence-electron chi connectivity index (χ4n) is 11.2. The smallest absolute Gasteiger partial charge is 0.330 e. The Morgan fingerprint density at radius 2 is 1.61 bits per heavy atom. The zero-order valence-corrected chi connectivity index (χ0v) is 22.0. The highest BCUT2D eigenvalue weighted by Crippen LogP contribution is 2.89. The SMILES string of the molecule is C/C(=C\CC[C@@H](C)[C@H]1CC[C@@]2(C)[C@H]3CC[C@@H]4C(C)(C)[C@H](O)CC[C@@]45C[C@@]35CC[C@]12C)C(=O)O. The van der Waals surface area contributed by atoms with Gasteiger partial charge in [-0.15, -0.1) is 0 Å². The Balaban J connectivity index is 1.37. The lowest BCUT2D eigenvalue weighted by molar-refractivity contribution is -0.161. The Kier molecular flexibility index (Phi) is 5.31. The molecule has 0 radical (unpaired) electrons. The summed E-state index contributed by atoms with van der Waals surface area (Å²) in [4.78, 5) is 11.2. The summed E-state index contributed by atoms with van der Waals surface area (Å²) in [7, 11) is 0. The third-order valence-corrected chi connectivity index (χ3v) is 13.3. The first-order valence-electron chi connectivity index (χ1n) is 13.9. The van der Waals surface area contributed by atoms with E-state index in [1.54, 1.807) is 6.92 Å². The van der Waals surface area contributed by atoms with Crippen molar-refractivity contribution in [3.05, 3.63) is 11.6 Å². The van der Waals surface area contributed by atoms with Crippen LogP contribution in [0, 0.1) is 50.7 Å². The van der Waals surface area contributed by atoms with E-state index in [9.17, 15) is 15.0 Å². The number of carboxylic acid groups (broad SMARTS) is 1. The molecule has 5 rings (SSSR count). The van der Waals surface area contributed by atoms with E-state index in [1.165, 1.54) is 51.4 Å². The van der Waals surface area contributed by atoms with Gasteiger partial charge in [-0.3, -0.25) is 0 Å². The van der Waals surface area contributed by atoms with Crippen molar-refractivity contribution in [1.82, 2.24) is 0 Å². The number of fused-ring (bicyclic) bond motifs is 2. The molecule has 0 aromatic rings. The fourth-order valence-corrected chi connectivity index (χ4v) is 11.2. The Labute approximate surface area is 201 Å². The van der Waals surface area contributed by atoms with E-state index in [1.807, 2.05) is 6.08 Å². The highest BCUT2D eigenvalue weighted by molar-refractivity contribution is 5.85. The second-order valence-electron chi connectivity index (χ2n) is 14.3. The lowest BCUT2D eigenvalue weighted by Gasteiger charge is -2.63. The number of carboxylic acids is 1. The summed E-state index contributed by atoms with van der Waals surface area (Å²) in [6.07, 6.45) is 15.7. The summed E-state index contributed by atoms with van der Waals surface area (Å²) in [6.45, 7) is 14.2. The summed E-state index contributed by atoms with van der Waals surface area (Å²) in [5, 5.41) is 20.0. The van der Waals surface area contributed by atoms with Gasteiger partial charge in [0, 0.05) is 5.57 Å². The molecule has 186 valence electrons. The molecule has 33 heavy (non-hydrogen) atoms. The second kappa shape index (κ2) is 7.34. The Hall–Kier alpha value is -0.830. The summed E-state index contributed by atoms with van der Waals surface area (Å²) >= 11 is 0. The van der Waals surface area contributed by atoms with Gasteiger partial charge in [-0.25, -0.2) is 4.79 Å². The molecule has 0 amide bonds. The summed E-state index contributed by atoms with van der Waals surface area (Å²) in [6, 6.07) is 0. The van der Waals surface area contributed by atoms with E-state index < -0.39 is 5.97 Å². The quantitative estimate of drug-likeness (QED) is 0.429. The van der Waals surface area contributed by atoms with Crippen LogP contribution in [-0.2, 0) is 4.79 Å². The van der Waals surface area contributed by atoms with Gasteiger partial charge < -0.3 is 10.2 Å². The van der Waals surface area contributed by atoms with Crippen LogP contribution in [0.25, 0.3) is 0 Å². The van der Waals surface area contributed by atoms with Gasteiger partial charge in [0.05, 0.1) is 6.10 Å². The van der Waals surface area contributed by atoms with Crippen molar-refractivity contribution in [2.24, 2.45) is 50.7 Å². The number of aliphatic carboxylic acids is 1. The Morgan fingerprint density at radius 3 is 2.30 bits per heavy atom. The number of hydrogen-bond donors (Lipinski definition) is 2. The highest BCUT2D eigenvalue weighted by atomic mass is 16.4. The van der Waals surface area contributed by atoms with E-state index in [0.29, 0.717) is 39.1 Å². The summed E-state index contributed by atoms with van der Waals surface area (Å²) in [5.74, 6) is 2.19. The van der Waals surface area contributed by atoms with E-state index >= 15 is 0 Å². The van der Waals surface area contributed by atoms with Crippen molar-refractivity contribution in [3.63, 3.8) is 0 Å². The van der Waals surface area contributed by atoms with Gasteiger partial charge in [0.1, 0.15) is 0 Å². The van der Waals surface area contributed by atoms with Gasteiger partial charge in [0.15, 0.2) is 0 Å². The minimum atomic E-state index is -0.784. The molecule has 3 nitrogen and oxygen atoms in total. The van der Waals surface area contributed by atoms with Crippen LogP contribution in [0.4, 0.5) is 0 Å². The van der Waals surface area contributed by atoms with Gasteiger partial charge in [-0.2, -0.15) is 0 Å². The van der Waals surface area contributed by atoms with Crippen molar-refractivity contribution in [2.45, 2.75) is 118 Å². The second-order valence-corrected chi connectivity index (χ2v) is 14.3. The molecule has 5 saturated carbocycles. The van der Waals surface area contributed by atoms with Crippen molar-refractivity contribution in [3.8, 4) is 0 Å². The lowest BCUT2D eigenvalue weighted by Crippen LogP contribution is -2.57. The molecule has 0 aromatic heterocycles. The molecule has 3 heteroatoms. The Bertz CT molecular complexity index is 859. The van der Waals surface area contributed by atoms with E-state index in [2.05, 4.69) is 34.6 Å². The largest absolute Gasteiger partial charge is 0.478 e. The standard InChI is InChI=1S/C30H48O3/c1-19(8-7-9-20(2)25(32)33)21-12-14-28(6)23-11-10-22-26(3,4)24(31)13-15-29(22)18-30(23,29)17-16-27(21,28)5/h9,19,21-24,31H,7-8,10-18H2,1-6H3,(H,32,33)/b20-9+/t19-,21-,22-,23-,24-,27-,28+,29-,30+/m1/s1. The number of rotatable bonds is 5. The van der Waals surface area contributed by atoms with Crippen LogP contribution in [0.15, 0.2) is 11.6 Å². The number of allylic oxidation sites excluding steroid dienone is 1. The molecule has 9 atom stereocenters. The molecule has 0 saturated heterocycles. The van der Waals surface area contributed by atoms with Crippen molar-refractivity contribution >= 4 is 5.97 Å². The molecular weight excluding hydrogens is 408 g/mol. The molecule has 5 fully saturated rings. The third kappa shape index (κ3) is 2.93. The van der Waals surface area contributed by atoms with Crippen LogP contribution in [0.1, 0.15) is 112 Å². The van der Waals surface area contributed by atoms with Crippen molar-refractivity contribution in [2.75, 3.05) is 0 Å². The molecule has 2 N–H and O–H groups in total.